The molecule has 0 aromatic heterocycles. The average Bonchev–Trinajstić information content (AvgIpc) is 2.54. The van der Waals surface area contributed by atoms with Gasteiger partial charge >= 0.3 is 0 Å². The van der Waals surface area contributed by atoms with Crippen molar-refractivity contribution >= 4 is 57.8 Å². The van der Waals surface area contributed by atoms with Crippen molar-refractivity contribution in [3.8, 4) is 0 Å². The van der Waals surface area contributed by atoms with E-state index in [4.69, 9.17) is 46.4 Å². The summed E-state index contributed by atoms with van der Waals surface area (Å²) in [6.45, 7) is 0. The molecule has 0 aliphatic heterocycles. The van der Waals surface area contributed by atoms with Gasteiger partial charge in [-0.05, 0) is 24.3 Å². The zero-order chi connectivity index (χ0) is 13.3. The summed E-state index contributed by atoms with van der Waals surface area (Å²) in [7, 11) is 0. The number of hydrogen-bond acceptors (Lipinski definition) is 2. The van der Waals surface area contributed by atoms with Crippen LogP contribution in [0.2, 0.25) is 0 Å². The maximum atomic E-state index is 12.7. The number of benzene rings is 1. The lowest BCUT2D eigenvalue weighted by atomic mass is 10.3. The third-order valence-electron chi connectivity index (χ3n) is 2.13. The zero-order valence-corrected chi connectivity index (χ0v) is 11.7. The molecule has 0 bridgehead atoms. The van der Waals surface area contributed by atoms with Crippen LogP contribution >= 0.6 is 46.4 Å². The summed E-state index contributed by atoms with van der Waals surface area (Å²) in [4.78, 5) is 0. The van der Waals surface area contributed by atoms with Crippen molar-refractivity contribution in [3.05, 3.63) is 50.2 Å². The van der Waals surface area contributed by atoms with Crippen LogP contribution in [0, 0.1) is 5.82 Å². The van der Waals surface area contributed by atoms with Gasteiger partial charge in [0.2, 0.25) is 0 Å². The van der Waals surface area contributed by atoms with Crippen LogP contribution in [0.1, 0.15) is 0 Å². The van der Waals surface area contributed by atoms with Crippen molar-refractivity contribution in [1.82, 2.24) is 0 Å². The van der Waals surface area contributed by atoms with Gasteiger partial charge in [0.1, 0.15) is 11.5 Å². The first kappa shape index (κ1) is 13.7. The Hall–Kier alpha value is -0.740. The number of nitrogens with zero attached hydrogens (tertiary/aromatic N) is 1. The molecular formula is C11H5Cl4FN2. The van der Waals surface area contributed by atoms with E-state index in [1.54, 1.807) is 0 Å². The minimum atomic E-state index is -0.337. The lowest BCUT2D eigenvalue weighted by molar-refractivity contribution is 0.628. The van der Waals surface area contributed by atoms with Gasteiger partial charge in [-0.2, -0.15) is 5.10 Å². The lowest BCUT2D eigenvalue weighted by Crippen LogP contribution is -2.00. The molecule has 0 saturated heterocycles. The average molecular weight is 326 g/mol. The highest BCUT2D eigenvalue weighted by Gasteiger charge is 2.26. The van der Waals surface area contributed by atoms with Gasteiger partial charge in [-0.15, -0.1) is 0 Å². The van der Waals surface area contributed by atoms with Gasteiger partial charge in [0.25, 0.3) is 0 Å². The first-order chi connectivity index (χ1) is 8.50. The van der Waals surface area contributed by atoms with Gasteiger partial charge < -0.3 is 0 Å². The van der Waals surface area contributed by atoms with E-state index in [1.807, 2.05) is 0 Å². The summed E-state index contributed by atoms with van der Waals surface area (Å²) < 4.78 is 12.7. The Labute approximate surface area is 123 Å². The van der Waals surface area contributed by atoms with Crippen molar-refractivity contribution in [1.29, 1.82) is 0 Å². The van der Waals surface area contributed by atoms with Gasteiger partial charge in [0.15, 0.2) is 0 Å². The number of hydrogen-bond donors (Lipinski definition) is 1. The Morgan fingerprint density at radius 3 is 1.83 bits per heavy atom. The fourth-order valence-electron chi connectivity index (χ4n) is 1.24. The topological polar surface area (TPSA) is 24.4 Å². The Bertz CT molecular complexity index is 549. The highest BCUT2D eigenvalue weighted by atomic mass is 35.5. The molecule has 2 rings (SSSR count). The molecule has 0 unspecified atom stereocenters. The minimum Gasteiger partial charge on any atom is -0.278 e. The Morgan fingerprint density at radius 2 is 1.33 bits per heavy atom. The van der Waals surface area contributed by atoms with Crippen LogP contribution in [0.4, 0.5) is 10.1 Å². The van der Waals surface area contributed by atoms with Crippen LogP contribution in [-0.4, -0.2) is 5.71 Å². The molecule has 0 amide bonds. The second-order valence-electron chi connectivity index (χ2n) is 3.34. The van der Waals surface area contributed by atoms with E-state index >= 15 is 0 Å². The molecular weight excluding hydrogens is 321 g/mol. The molecule has 2 nitrogen and oxygen atoms in total. The first-order valence-electron chi connectivity index (χ1n) is 4.71. The highest BCUT2D eigenvalue weighted by molar-refractivity contribution is 6.66. The van der Waals surface area contributed by atoms with Crippen molar-refractivity contribution in [2.45, 2.75) is 0 Å². The maximum absolute atomic E-state index is 12.7. The summed E-state index contributed by atoms with van der Waals surface area (Å²) >= 11 is 23.5. The predicted octanol–water partition coefficient (Wildman–Crippen LogP) is 4.99. The SMILES string of the molecule is Fc1ccc(NN=C2C(Cl)=C(Cl)C(Cl)=C2Cl)cc1. The number of nitrogens with one attached hydrogen (secondary N) is 1. The van der Waals surface area contributed by atoms with E-state index in [0.29, 0.717) is 5.69 Å². The molecule has 0 saturated carbocycles. The normalized spacial score (nSPS) is 15.5. The number of anilines is 1. The van der Waals surface area contributed by atoms with Crippen molar-refractivity contribution < 1.29 is 4.39 Å². The fraction of sp³-hybridized carbons (Fsp3) is 0. The molecule has 94 valence electrons. The minimum absolute atomic E-state index is 0.156. The predicted molar refractivity (Wildman–Crippen MR) is 74.9 cm³/mol. The van der Waals surface area contributed by atoms with Crippen LogP contribution in [0.5, 0.6) is 0 Å². The van der Waals surface area contributed by atoms with Gasteiger partial charge in [0.05, 0.1) is 25.8 Å². The molecule has 0 radical (unpaired) electrons. The molecule has 0 spiro atoms. The van der Waals surface area contributed by atoms with E-state index in [2.05, 4.69) is 10.5 Å². The van der Waals surface area contributed by atoms with Crippen molar-refractivity contribution in [2.24, 2.45) is 5.10 Å². The third-order valence-corrected chi connectivity index (χ3v) is 3.92. The van der Waals surface area contributed by atoms with Crippen molar-refractivity contribution in [2.75, 3.05) is 5.43 Å². The van der Waals surface area contributed by atoms with E-state index in [-0.39, 0.29) is 31.7 Å². The maximum Gasteiger partial charge on any atom is 0.124 e. The molecule has 1 N–H and O–H groups in total. The van der Waals surface area contributed by atoms with Crippen LogP contribution in [-0.2, 0) is 0 Å². The summed E-state index contributed by atoms with van der Waals surface area (Å²) in [5.41, 5.74) is 3.51. The largest absolute Gasteiger partial charge is 0.278 e. The van der Waals surface area contributed by atoms with Crippen LogP contribution in [0.15, 0.2) is 49.5 Å². The summed E-state index contributed by atoms with van der Waals surface area (Å²) in [5.74, 6) is -0.337. The number of allylic oxidation sites excluding steroid dienone is 4. The van der Waals surface area contributed by atoms with E-state index in [1.165, 1.54) is 24.3 Å². The molecule has 0 heterocycles. The van der Waals surface area contributed by atoms with Gasteiger partial charge in [0, 0.05) is 0 Å². The monoisotopic (exact) mass is 324 g/mol. The van der Waals surface area contributed by atoms with Gasteiger partial charge in [-0.25, -0.2) is 4.39 Å². The molecule has 7 heteroatoms. The Balaban J connectivity index is 2.23. The molecule has 1 aliphatic carbocycles. The molecule has 1 aromatic carbocycles. The summed E-state index contributed by atoms with van der Waals surface area (Å²) in [6.07, 6.45) is 0. The molecule has 1 aromatic rings. The molecule has 0 atom stereocenters. The quantitative estimate of drug-likeness (QED) is 0.761. The summed E-state index contributed by atoms with van der Waals surface area (Å²) in [6, 6.07) is 5.64. The first-order valence-corrected chi connectivity index (χ1v) is 6.23. The number of rotatable bonds is 2. The molecule has 1 aliphatic rings. The Morgan fingerprint density at radius 1 is 0.833 bits per heavy atom. The standard InChI is InChI=1S/C11H5Cl4FN2/c12-7-8(13)10(15)11(9(7)14)18-17-6-3-1-5(16)2-4-6/h1-4,17H. The number of hydrazone groups is 1. The van der Waals surface area contributed by atoms with E-state index in [0.717, 1.165) is 0 Å². The van der Waals surface area contributed by atoms with Crippen LogP contribution in [0.25, 0.3) is 0 Å². The second kappa shape index (κ2) is 5.49. The van der Waals surface area contributed by atoms with Crippen LogP contribution in [0.3, 0.4) is 0 Å². The van der Waals surface area contributed by atoms with Gasteiger partial charge in [-0.1, -0.05) is 46.4 Å². The van der Waals surface area contributed by atoms with Gasteiger partial charge in [-0.3, -0.25) is 5.43 Å². The highest BCUT2D eigenvalue weighted by Crippen LogP contribution is 2.39. The lowest BCUT2D eigenvalue weighted by Gasteiger charge is -2.02. The molecule has 0 fully saturated rings. The smallest absolute Gasteiger partial charge is 0.124 e. The van der Waals surface area contributed by atoms with E-state index < -0.39 is 0 Å². The zero-order valence-electron chi connectivity index (χ0n) is 8.65. The third kappa shape index (κ3) is 2.64. The van der Waals surface area contributed by atoms with Crippen molar-refractivity contribution in [3.63, 3.8) is 0 Å². The summed E-state index contributed by atoms with van der Waals surface area (Å²) in [5, 5.41) is 4.63. The molecule has 18 heavy (non-hydrogen) atoms. The fourth-order valence-corrected chi connectivity index (χ4v) is 2.22. The second-order valence-corrected chi connectivity index (χ2v) is 4.85. The number of halogens is 5. The Kier molecular flexibility index (Phi) is 4.17. The van der Waals surface area contributed by atoms with E-state index in [9.17, 15) is 4.39 Å². The van der Waals surface area contributed by atoms with Crippen LogP contribution < -0.4 is 5.43 Å².